The van der Waals surface area contributed by atoms with E-state index in [9.17, 15) is 14.9 Å². The van der Waals surface area contributed by atoms with Gasteiger partial charge in [-0.1, -0.05) is 17.4 Å². The number of benzene rings is 1. The van der Waals surface area contributed by atoms with Gasteiger partial charge in [-0.2, -0.15) is 0 Å². The average molecular weight is 446 g/mol. The first-order valence-corrected chi connectivity index (χ1v) is 9.40. The number of rotatable bonds is 3. The molecule has 4 rings (SSSR count). The summed E-state index contributed by atoms with van der Waals surface area (Å²) in [6.07, 6.45) is 3.25. The maximum Gasteiger partial charge on any atom is 0.293 e. The van der Waals surface area contributed by atoms with Gasteiger partial charge < -0.3 is 4.90 Å². The number of anilines is 1. The van der Waals surface area contributed by atoms with Crippen molar-refractivity contribution in [1.29, 1.82) is 0 Å². The Kier molecular flexibility index (Phi) is 4.16. The number of nitro groups is 1. The zero-order chi connectivity index (χ0) is 19.3. The quantitative estimate of drug-likeness (QED) is 0.355. The van der Waals surface area contributed by atoms with Crippen molar-refractivity contribution in [2.24, 2.45) is 0 Å². The maximum atomic E-state index is 12.8. The van der Waals surface area contributed by atoms with Crippen LogP contribution < -0.4 is 15.0 Å². The number of thiazole rings is 1. The topological polar surface area (TPSA) is 93.6 Å². The van der Waals surface area contributed by atoms with Crippen LogP contribution in [0.1, 0.15) is 5.56 Å². The van der Waals surface area contributed by atoms with Crippen molar-refractivity contribution in [3.63, 3.8) is 0 Å². The van der Waals surface area contributed by atoms with Crippen LogP contribution in [0.2, 0.25) is 0 Å². The molecule has 0 spiro atoms. The number of hydrogen-bond acceptors (Lipinski definition) is 7. The molecule has 0 amide bonds. The molecule has 4 aromatic rings. The highest BCUT2D eigenvalue weighted by Gasteiger charge is 2.16. The van der Waals surface area contributed by atoms with Gasteiger partial charge in [-0.3, -0.25) is 14.9 Å². The van der Waals surface area contributed by atoms with Gasteiger partial charge in [-0.05, 0) is 39.7 Å². The second kappa shape index (κ2) is 6.39. The largest absolute Gasteiger partial charge is 0.372 e. The summed E-state index contributed by atoms with van der Waals surface area (Å²) < 4.78 is 2.69. The predicted molar refractivity (Wildman–Crippen MR) is 109 cm³/mol. The Morgan fingerprint density at radius 1 is 1.33 bits per heavy atom. The summed E-state index contributed by atoms with van der Waals surface area (Å²) in [6, 6.07) is 6.68. The van der Waals surface area contributed by atoms with Crippen molar-refractivity contribution in [1.82, 2.24) is 14.4 Å². The summed E-state index contributed by atoms with van der Waals surface area (Å²) >= 11 is 4.56. The molecule has 3 heterocycles. The summed E-state index contributed by atoms with van der Waals surface area (Å²) in [7, 11) is 3.48. The minimum atomic E-state index is -0.429. The fraction of sp³-hybridized carbons (Fsp3) is 0.118. The summed E-state index contributed by atoms with van der Waals surface area (Å²) in [5.41, 5.74) is 1.94. The number of fused-ring (bicyclic) bond motifs is 3. The molecule has 0 aliphatic carbocycles. The van der Waals surface area contributed by atoms with Crippen molar-refractivity contribution in [2.45, 2.75) is 0 Å². The molecule has 0 bridgehead atoms. The third-order valence-corrected chi connectivity index (χ3v) is 5.43. The van der Waals surface area contributed by atoms with Crippen LogP contribution in [-0.2, 0) is 0 Å². The number of aromatic nitrogens is 3. The molecule has 8 nitrogen and oxygen atoms in total. The summed E-state index contributed by atoms with van der Waals surface area (Å²) in [6.45, 7) is 0. The van der Waals surface area contributed by atoms with Crippen LogP contribution in [0.25, 0.3) is 22.2 Å². The third-order valence-electron chi connectivity index (χ3n) is 4.02. The molecule has 0 saturated carbocycles. The number of pyridine rings is 1. The Bertz CT molecular complexity index is 1330. The minimum absolute atomic E-state index is 0.0144. The Hall–Kier alpha value is -2.85. The van der Waals surface area contributed by atoms with Crippen molar-refractivity contribution in [3.05, 3.63) is 65.5 Å². The fourth-order valence-electron chi connectivity index (χ4n) is 2.82. The van der Waals surface area contributed by atoms with Crippen LogP contribution in [0.15, 0.2) is 39.7 Å². The second-order valence-electron chi connectivity index (χ2n) is 6.04. The van der Waals surface area contributed by atoms with E-state index >= 15 is 0 Å². The van der Waals surface area contributed by atoms with Crippen molar-refractivity contribution in [3.8, 4) is 0 Å². The first kappa shape index (κ1) is 17.6. The molecule has 0 radical (unpaired) electrons. The van der Waals surface area contributed by atoms with Gasteiger partial charge in [-0.15, -0.1) is 0 Å². The summed E-state index contributed by atoms with van der Waals surface area (Å²) in [5, 5.41) is 11.4. The third kappa shape index (κ3) is 2.96. The number of halogens is 1. The van der Waals surface area contributed by atoms with Gasteiger partial charge in [0.25, 0.3) is 11.2 Å². The zero-order valence-corrected chi connectivity index (χ0v) is 16.6. The molecule has 0 N–H and O–H groups in total. The van der Waals surface area contributed by atoms with E-state index in [1.54, 1.807) is 49.5 Å². The molecule has 0 saturated heterocycles. The molecule has 1 aromatic carbocycles. The summed E-state index contributed by atoms with van der Waals surface area (Å²) in [5.74, 6) is 0. The fourth-order valence-corrected chi connectivity index (χ4v) is 4.11. The van der Waals surface area contributed by atoms with Crippen LogP contribution in [0.4, 0.5) is 11.4 Å². The van der Waals surface area contributed by atoms with Gasteiger partial charge in [0.2, 0.25) is 0 Å². The molecule has 3 aromatic heterocycles. The van der Waals surface area contributed by atoms with E-state index in [1.165, 1.54) is 21.8 Å². The number of hydrogen-bond donors (Lipinski definition) is 0. The minimum Gasteiger partial charge on any atom is -0.372 e. The smallest absolute Gasteiger partial charge is 0.293 e. The highest BCUT2D eigenvalue weighted by Crippen LogP contribution is 2.28. The molecule has 136 valence electrons. The monoisotopic (exact) mass is 445 g/mol. The van der Waals surface area contributed by atoms with Gasteiger partial charge in [0.05, 0.1) is 9.46 Å². The normalized spacial score (nSPS) is 12.2. The molecule has 0 aliphatic heterocycles. The Morgan fingerprint density at radius 3 is 2.81 bits per heavy atom. The number of nitrogens with zero attached hydrogens (tertiary/aromatic N) is 5. The van der Waals surface area contributed by atoms with E-state index in [0.29, 0.717) is 31.9 Å². The predicted octanol–water partition coefficient (Wildman–Crippen LogP) is 2.59. The Labute approximate surface area is 164 Å². The van der Waals surface area contributed by atoms with E-state index in [1.807, 2.05) is 0 Å². The van der Waals surface area contributed by atoms with Crippen molar-refractivity contribution < 1.29 is 4.92 Å². The molecule has 0 atom stereocenters. The standard InChI is InChI=1S/C17H12BrN5O3S/c1-21(2)12-4-3-9(5-13(12)23(25)26)6-14-16(24)22-15-11(20-17(22)27-14)7-10(18)8-19-15/h3-8H,1-2H3. The van der Waals surface area contributed by atoms with E-state index in [4.69, 9.17) is 0 Å². The van der Waals surface area contributed by atoms with E-state index in [2.05, 4.69) is 25.9 Å². The van der Waals surface area contributed by atoms with Gasteiger partial charge in [0.1, 0.15) is 11.2 Å². The van der Waals surface area contributed by atoms with Crippen molar-refractivity contribution >= 4 is 60.8 Å². The first-order chi connectivity index (χ1) is 12.8. The van der Waals surface area contributed by atoms with Crippen LogP contribution in [0, 0.1) is 10.1 Å². The SMILES string of the molecule is CN(C)c1ccc(C=c2sc3nc4cc(Br)cnc4n3c2=O)cc1[N+](=O)[O-]. The number of imidazole rings is 1. The van der Waals surface area contributed by atoms with Crippen molar-refractivity contribution in [2.75, 3.05) is 19.0 Å². The Balaban J connectivity index is 1.91. The van der Waals surface area contributed by atoms with Gasteiger partial charge in [0, 0.05) is 30.8 Å². The molecule has 10 heteroatoms. The lowest BCUT2D eigenvalue weighted by atomic mass is 10.1. The van der Waals surface area contributed by atoms with Crippen LogP contribution in [0.5, 0.6) is 0 Å². The van der Waals surface area contributed by atoms with E-state index in [-0.39, 0.29) is 11.2 Å². The van der Waals surface area contributed by atoms with Gasteiger partial charge in [-0.25, -0.2) is 14.4 Å². The van der Waals surface area contributed by atoms with E-state index < -0.39 is 4.92 Å². The van der Waals surface area contributed by atoms with Gasteiger partial charge >= 0.3 is 0 Å². The molecular weight excluding hydrogens is 434 g/mol. The molecular formula is C17H12BrN5O3S. The Morgan fingerprint density at radius 2 is 2.11 bits per heavy atom. The zero-order valence-electron chi connectivity index (χ0n) is 14.2. The average Bonchev–Trinajstić information content (AvgIpc) is 3.10. The number of nitro benzene ring substituents is 1. The lowest BCUT2D eigenvalue weighted by molar-refractivity contribution is -0.384. The lowest BCUT2D eigenvalue weighted by Gasteiger charge is -2.12. The van der Waals surface area contributed by atoms with Crippen LogP contribution in [0.3, 0.4) is 0 Å². The summed E-state index contributed by atoms with van der Waals surface area (Å²) in [4.78, 5) is 34.6. The lowest BCUT2D eigenvalue weighted by Crippen LogP contribution is -2.23. The molecule has 0 fully saturated rings. The molecule has 27 heavy (non-hydrogen) atoms. The van der Waals surface area contributed by atoms with Crippen LogP contribution in [-0.4, -0.2) is 33.4 Å². The van der Waals surface area contributed by atoms with E-state index in [0.717, 1.165) is 4.47 Å². The molecule has 0 aliphatic rings. The second-order valence-corrected chi connectivity index (χ2v) is 7.97. The first-order valence-electron chi connectivity index (χ1n) is 7.79. The highest BCUT2D eigenvalue weighted by atomic mass is 79.9. The maximum absolute atomic E-state index is 12.8. The highest BCUT2D eigenvalue weighted by molar-refractivity contribution is 9.10. The molecule has 0 unspecified atom stereocenters. The van der Waals surface area contributed by atoms with Gasteiger partial charge in [0.15, 0.2) is 10.6 Å². The van der Waals surface area contributed by atoms with Crippen LogP contribution >= 0.6 is 27.3 Å².